The summed E-state index contributed by atoms with van der Waals surface area (Å²) in [6.07, 6.45) is 0.840. The normalized spacial score (nSPS) is 17.4. The highest BCUT2D eigenvalue weighted by Crippen LogP contribution is 2.33. The van der Waals surface area contributed by atoms with Crippen LogP contribution in [-0.2, 0) is 17.7 Å². The van der Waals surface area contributed by atoms with E-state index in [0.717, 1.165) is 59.6 Å². The van der Waals surface area contributed by atoms with Gasteiger partial charge in [-0.3, -0.25) is 0 Å². The number of benzene rings is 1. The van der Waals surface area contributed by atoms with Crippen LogP contribution in [0.5, 0.6) is 0 Å². The Morgan fingerprint density at radius 2 is 1.92 bits per heavy atom. The first-order valence-corrected chi connectivity index (χ1v) is 12.9. The Morgan fingerprint density at radius 1 is 1.11 bits per heavy atom. The Labute approximate surface area is 217 Å². The molecule has 0 bridgehead atoms. The van der Waals surface area contributed by atoms with E-state index in [9.17, 15) is 4.79 Å². The molecule has 2 aromatic heterocycles. The van der Waals surface area contributed by atoms with Crippen LogP contribution in [0.1, 0.15) is 36.6 Å². The number of rotatable bonds is 5. The molecule has 4 heterocycles. The molecular weight excluding hydrogens is 468 g/mol. The maximum atomic E-state index is 11.9. The van der Waals surface area contributed by atoms with Crippen molar-refractivity contribution >= 4 is 23.4 Å². The van der Waals surface area contributed by atoms with Crippen LogP contribution in [0.2, 0.25) is 0 Å². The van der Waals surface area contributed by atoms with E-state index in [1.807, 2.05) is 51.1 Å². The van der Waals surface area contributed by atoms with Gasteiger partial charge in [-0.2, -0.15) is 0 Å². The van der Waals surface area contributed by atoms with Gasteiger partial charge in [0.15, 0.2) is 5.82 Å². The summed E-state index contributed by atoms with van der Waals surface area (Å²) in [5.41, 5.74) is 4.79. The van der Waals surface area contributed by atoms with E-state index in [0.29, 0.717) is 32.1 Å². The van der Waals surface area contributed by atoms with Crippen molar-refractivity contribution in [3.63, 3.8) is 0 Å². The summed E-state index contributed by atoms with van der Waals surface area (Å²) in [4.78, 5) is 35.8. The summed E-state index contributed by atoms with van der Waals surface area (Å²) in [5, 5.41) is 5.58. The molecule has 5 rings (SSSR count). The van der Waals surface area contributed by atoms with E-state index in [-0.39, 0.29) is 12.1 Å². The van der Waals surface area contributed by atoms with E-state index in [1.54, 1.807) is 0 Å². The molecule has 2 N–H and O–H groups in total. The molecule has 194 valence electrons. The SMILES string of the molecule is CCNC(=O)Nc1ccc(-c2nc3c(c(N4CCOCC4C)n2)CCN(c2cc(C)nc(C)n2)C3)cc1. The number of carbonyl (C=O) groups is 1. The number of fused-ring (bicyclic) bond motifs is 1. The van der Waals surface area contributed by atoms with Crippen molar-refractivity contribution in [2.24, 2.45) is 0 Å². The molecule has 10 nitrogen and oxygen atoms in total. The second-order valence-corrected chi connectivity index (χ2v) is 9.56. The Morgan fingerprint density at radius 3 is 2.65 bits per heavy atom. The molecule has 1 atom stereocenters. The van der Waals surface area contributed by atoms with Crippen molar-refractivity contribution in [1.29, 1.82) is 0 Å². The maximum absolute atomic E-state index is 11.9. The largest absolute Gasteiger partial charge is 0.377 e. The van der Waals surface area contributed by atoms with Gasteiger partial charge >= 0.3 is 6.03 Å². The highest BCUT2D eigenvalue weighted by molar-refractivity contribution is 5.89. The summed E-state index contributed by atoms with van der Waals surface area (Å²) in [7, 11) is 0. The summed E-state index contributed by atoms with van der Waals surface area (Å²) in [5.74, 6) is 3.37. The molecule has 0 aliphatic carbocycles. The summed E-state index contributed by atoms with van der Waals surface area (Å²) >= 11 is 0. The van der Waals surface area contributed by atoms with E-state index >= 15 is 0 Å². The smallest absolute Gasteiger partial charge is 0.319 e. The van der Waals surface area contributed by atoms with Crippen molar-refractivity contribution in [3.8, 4) is 11.4 Å². The van der Waals surface area contributed by atoms with Gasteiger partial charge < -0.3 is 25.2 Å². The lowest BCUT2D eigenvalue weighted by Gasteiger charge is -2.38. The Bertz CT molecular complexity index is 1260. The lowest BCUT2D eigenvalue weighted by Crippen LogP contribution is -2.45. The molecular formula is C27H34N8O2. The second-order valence-electron chi connectivity index (χ2n) is 9.56. The summed E-state index contributed by atoms with van der Waals surface area (Å²) in [6, 6.07) is 9.70. The second kappa shape index (κ2) is 10.7. The minimum absolute atomic E-state index is 0.223. The monoisotopic (exact) mass is 502 g/mol. The first kappa shape index (κ1) is 24.9. The molecule has 2 aliphatic rings. The highest BCUT2D eigenvalue weighted by atomic mass is 16.5. The van der Waals surface area contributed by atoms with Crippen LogP contribution in [-0.4, -0.2) is 64.9 Å². The van der Waals surface area contributed by atoms with Crippen LogP contribution in [0.3, 0.4) is 0 Å². The molecule has 2 aliphatic heterocycles. The van der Waals surface area contributed by atoms with Gasteiger partial charge in [-0.05, 0) is 58.4 Å². The van der Waals surface area contributed by atoms with Crippen molar-refractivity contribution in [2.45, 2.75) is 46.7 Å². The number of aryl methyl sites for hydroxylation is 2. The van der Waals surface area contributed by atoms with Crippen LogP contribution < -0.4 is 20.4 Å². The Kier molecular flexibility index (Phi) is 7.18. The zero-order valence-electron chi connectivity index (χ0n) is 21.9. The molecule has 1 saturated heterocycles. The van der Waals surface area contributed by atoms with Gasteiger partial charge in [0.05, 0.1) is 31.5 Å². The Balaban J connectivity index is 1.50. The van der Waals surface area contributed by atoms with Crippen molar-refractivity contribution in [1.82, 2.24) is 25.3 Å². The van der Waals surface area contributed by atoms with Gasteiger partial charge in [0.1, 0.15) is 17.5 Å². The number of urea groups is 1. The average Bonchev–Trinajstić information content (AvgIpc) is 2.88. The highest BCUT2D eigenvalue weighted by Gasteiger charge is 2.29. The molecule has 37 heavy (non-hydrogen) atoms. The molecule has 1 aromatic carbocycles. The molecule has 0 saturated carbocycles. The third-order valence-electron chi connectivity index (χ3n) is 6.70. The minimum Gasteiger partial charge on any atom is -0.377 e. The Hall–Kier alpha value is -3.79. The maximum Gasteiger partial charge on any atom is 0.319 e. The van der Waals surface area contributed by atoms with Gasteiger partial charge in [-0.1, -0.05) is 0 Å². The van der Waals surface area contributed by atoms with Gasteiger partial charge in [-0.15, -0.1) is 0 Å². The van der Waals surface area contributed by atoms with Crippen molar-refractivity contribution < 1.29 is 9.53 Å². The van der Waals surface area contributed by atoms with Crippen molar-refractivity contribution in [2.75, 3.05) is 48.0 Å². The molecule has 0 spiro atoms. The predicted molar refractivity (Wildman–Crippen MR) is 144 cm³/mol. The van der Waals surface area contributed by atoms with Gasteiger partial charge in [0.2, 0.25) is 0 Å². The van der Waals surface area contributed by atoms with Crippen LogP contribution in [0.15, 0.2) is 30.3 Å². The average molecular weight is 503 g/mol. The fourth-order valence-electron chi connectivity index (χ4n) is 4.91. The first-order chi connectivity index (χ1) is 17.9. The molecule has 1 unspecified atom stereocenters. The number of hydrogen-bond donors (Lipinski definition) is 2. The predicted octanol–water partition coefficient (Wildman–Crippen LogP) is 3.48. The lowest BCUT2D eigenvalue weighted by molar-refractivity contribution is 0.0984. The number of amides is 2. The van der Waals surface area contributed by atoms with E-state index in [2.05, 4.69) is 37.3 Å². The number of hydrogen-bond acceptors (Lipinski definition) is 8. The number of ether oxygens (including phenoxy) is 1. The zero-order valence-corrected chi connectivity index (χ0v) is 21.9. The van der Waals surface area contributed by atoms with Gasteiger partial charge in [0, 0.05) is 48.2 Å². The third-order valence-corrected chi connectivity index (χ3v) is 6.70. The fraction of sp³-hybridized carbons (Fsp3) is 0.444. The number of morpholine rings is 1. The van der Waals surface area contributed by atoms with E-state index < -0.39 is 0 Å². The lowest BCUT2D eigenvalue weighted by atomic mass is 10.0. The van der Waals surface area contributed by atoms with Gasteiger partial charge in [-0.25, -0.2) is 24.7 Å². The van der Waals surface area contributed by atoms with E-state index in [1.165, 1.54) is 5.56 Å². The topological polar surface area (TPSA) is 108 Å². The zero-order chi connectivity index (χ0) is 25.9. The molecule has 3 aromatic rings. The van der Waals surface area contributed by atoms with Crippen LogP contribution in [0.25, 0.3) is 11.4 Å². The summed E-state index contributed by atoms with van der Waals surface area (Å²) in [6.45, 7) is 12.2. The number of anilines is 3. The minimum atomic E-state index is -0.223. The molecule has 0 radical (unpaired) electrons. The third kappa shape index (κ3) is 5.48. The standard InChI is InChI=1S/C27H34N8O2/c1-5-28-27(36)31-21-8-6-20(7-9-21)25-32-23-15-34(24-14-17(2)29-19(4)30-24)11-10-22(23)26(33-25)35-12-13-37-16-18(35)3/h6-9,14,18H,5,10-13,15-16H2,1-4H3,(H2,28,31,36). The number of aromatic nitrogens is 4. The summed E-state index contributed by atoms with van der Waals surface area (Å²) < 4.78 is 5.70. The number of nitrogens with zero attached hydrogens (tertiary/aromatic N) is 6. The molecule has 1 fully saturated rings. The number of carbonyl (C=O) groups excluding carboxylic acids is 1. The first-order valence-electron chi connectivity index (χ1n) is 12.9. The van der Waals surface area contributed by atoms with Crippen LogP contribution in [0.4, 0.5) is 22.1 Å². The van der Waals surface area contributed by atoms with Crippen molar-refractivity contribution in [3.05, 3.63) is 53.1 Å². The fourth-order valence-corrected chi connectivity index (χ4v) is 4.91. The van der Waals surface area contributed by atoms with Crippen LogP contribution >= 0.6 is 0 Å². The number of nitrogens with one attached hydrogen (secondary N) is 2. The quantitative estimate of drug-likeness (QED) is 0.546. The van der Waals surface area contributed by atoms with Crippen LogP contribution in [0, 0.1) is 13.8 Å². The molecule has 10 heteroatoms. The van der Waals surface area contributed by atoms with E-state index in [4.69, 9.17) is 14.7 Å². The molecule has 2 amide bonds. The van der Waals surface area contributed by atoms with Gasteiger partial charge in [0.25, 0.3) is 0 Å².